The van der Waals surface area contributed by atoms with Gasteiger partial charge in [-0.3, -0.25) is 0 Å². The number of thioether (sulfide) groups is 1. The molecule has 0 aromatic heterocycles. The van der Waals surface area contributed by atoms with E-state index in [9.17, 15) is 17.6 Å². The summed E-state index contributed by atoms with van der Waals surface area (Å²) in [5, 5.41) is -4.06. The summed E-state index contributed by atoms with van der Waals surface area (Å²) >= 11 is -0.125. The average Bonchev–Trinajstić information content (AvgIpc) is 2.40. The van der Waals surface area contributed by atoms with Crippen LogP contribution in [0.15, 0.2) is 59.5 Å². The summed E-state index contributed by atoms with van der Waals surface area (Å²) in [4.78, 5) is 0.116. The molecule has 0 saturated heterocycles. The molecule has 0 radical (unpaired) electrons. The maximum absolute atomic E-state index is 12.9. The molecule has 5 heteroatoms. The fourth-order valence-corrected chi connectivity index (χ4v) is 2.22. The molecule has 0 aliphatic carbocycles. The number of rotatable bonds is 4. The number of benzene rings is 2. The number of alkyl halides is 4. The molecule has 0 N–H and O–H groups in total. The van der Waals surface area contributed by atoms with E-state index in [1.165, 1.54) is 12.1 Å². The molecule has 0 amide bonds. The van der Waals surface area contributed by atoms with Crippen LogP contribution in [-0.2, 0) is 0 Å². The zero-order chi connectivity index (χ0) is 13.9. The first-order valence-electron chi connectivity index (χ1n) is 5.49. The molecule has 2 aromatic rings. The summed E-state index contributed by atoms with van der Waals surface area (Å²) in [6.07, 6.45) is -3.67. The van der Waals surface area contributed by atoms with Gasteiger partial charge >= 0.3 is 11.7 Å². The molecule has 19 heavy (non-hydrogen) atoms. The Kier molecular flexibility index (Phi) is 4.14. The van der Waals surface area contributed by atoms with Crippen LogP contribution in [-0.4, -0.2) is 11.7 Å². The van der Waals surface area contributed by atoms with E-state index in [4.69, 9.17) is 0 Å². The van der Waals surface area contributed by atoms with Crippen molar-refractivity contribution in [2.24, 2.45) is 0 Å². The first kappa shape index (κ1) is 13.9. The summed E-state index contributed by atoms with van der Waals surface area (Å²) in [6, 6.07) is 15.5. The Hall–Kier alpha value is -1.49. The van der Waals surface area contributed by atoms with Crippen LogP contribution < -0.4 is 0 Å². The highest BCUT2D eigenvalue weighted by Gasteiger charge is 2.41. The highest BCUT2D eigenvalue weighted by Crippen LogP contribution is 2.40. The zero-order valence-corrected chi connectivity index (χ0v) is 10.5. The molecule has 100 valence electrons. The molecule has 0 nitrogen and oxygen atoms in total. The lowest BCUT2D eigenvalue weighted by Gasteiger charge is -2.14. The van der Waals surface area contributed by atoms with E-state index in [0.717, 1.165) is 11.1 Å². The molecule has 0 spiro atoms. The van der Waals surface area contributed by atoms with E-state index >= 15 is 0 Å². The predicted octanol–water partition coefficient (Wildman–Crippen LogP) is 5.30. The Bertz CT molecular complexity index is 523. The molecule has 0 aliphatic rings. The molecular weight excluding hydrogens is 276 g/mol. The molecule has 0 bridgehead atoms. The van der Waals surface area contributed by atoms with Crippen molar-refractivity contribution >= 4 is 11.8 Å². The van der Waals surface area contributed by atoms with Crippen LogP contribution in [0.25, 0.3) is 11.1 Å². The van der Waals surface area contributed by atoms with Gasteiger partial charge in [-0.1, -0.05) is 42.5 Å². The van der Waals surface area contributed by atoms with Gasteiger partial charge in [0.15, 0.2) is 0 Å². The van der Waals surface area contributed by atoms with E-state index in [0.29, 0.717) is 0 Å². The van der Waals surface area contributed by atoms with Crippen LogP contribution in [0.3, 0.4) is 0 Å². The quantitative estimate of drug-likeness (QED) is 0.542. The summed E-state index contributed by atoms with van der Waals surface area (Å²) in [5.41, 5.74) is 1.80. The highest BCUT2D eigenvalue weighted by atomic mass is 32.2. The Balaban J connectivity index is 2.16. The number of halogens is 4. The molecule has 0 atom stereocenters. The lowest BCUT2D eigenvalue weighted by atomic mass is 10.1. The van der Waals surface area contributed by atoms with Gasteiger partial charge in [-0.15, -0.1) is 0 Å². The van der Waals surface area contributed by atoms with Crippen molar-refractivity contribution in [1.29, 1.82) is 0 Å². The van der Waals surface area contributed by atoms with Gasteiger partial charge in [0.1, 0.15) is 0 Å². The third-order valence-electron chi connectivity index (χ3n) is 2.47. The standard InChI is InChI=1S/C14H10F4S/c15-13(16)14(17,18)19-12-8-6-11(7-9-12)10-4-2-1-3-5-10/h1-9,13H. The van der Waals surface area contributed by atoms with Gasteiger partial charge in [0.25, 0.3) is 0 Å². The van der Waals surface area contributed by atoms with E-state index in [2.05, 4.69) is 0 Å². The van der Waals surface area contributed by atoms with Crippen LogP contribution in [0.5, 0.6) is 0 Å². The first-order valence-corrected chi connectivity index (χ1v) is 6.31. The molecule has 0 heterocycles. The molecule has 0 unspecified atom stereocenters. The second kappa shape index (κ2) is 5.65. The lowest BCUT2D eigenvalue weighted by Crippen LogP contribution is -2.21. The third-order valence-corrected chi connectivity index (χ3v) is 3.43. The minimum atomic E-state index is -4.06. The maximum Gasteiger partial charge on any atom is 0.357 e. The van der Waals surface area contributed by atoms with Gasteiger partial charge in [0, 0.05) is 4.90 Å². The van der Waals surface area contributed by atoms with Crippen molar-refractivity contribution in [1.82, 2.24) is 0 Å². The van der Waals surface area contributed by atoms with E-state index in [-0.39, 0.29) is 16.7 Å². The van der Waals surface area contributed by atoms with Gasteiger partial charge < -0.3 is 0 Å². The fraction of sp³-hybridized carbons (Fsp3) is 0.143. The molecule has 2 rings (SSSR count). The van der Waals surface area contributed by atoms with E-state index < -0.39 is 11.7 Å². The smallest absolute Gasteiger partial charge is 0.202 e. The fourth-order valence-electron chi connectivity index (χ4n) is 1.55. The van der Waals surface area contributed by atoms with Crippen molar-refractivity contribution < 1.29 is 17.6 Å². The van der Waals surface area contributed by atoms with Gasteiger partial charge in [-0.25, -0.2) is 8.78 Å². The molecule has 0 saturated carbocycles. The average molecular weight is 286 g/mol. The van der Waals surface area contributed by atoms with Crippen molar-refractivity contribution in [3.05, 3.63) is 54.6 Å². The van der Waals surface area contributed by atoms with Crippen LogP contribution >= 0.6 is 11.8 Å². The van der Waals surface area contributed by atoms with Crippen LogP contribution in [0.1, 0.15) is 0 Å². The summed E-state index contributed by atoms with van der Waals surface area (Å²) < 4.78 is 49.9. The number of hydrogen-bond acceptors (Lipinski definition) is 1. The van der Waals surface area contributed by atoms with Crippen molar-refractivity contribution in [3.8, 4) is 11.1 Å². The predicted molar refractivity (Wildman–Crippen MR) is 68.7 cm³/mol. The van der Waals surface area contributed by atoms with Gasteiger partial charge in [-0.05, 0) is 35.0 Å². The topological polar surface area (TPSA) is 0 Å². The minimum absolute atomic E-state index is 0.116. The van der Waals surface area contributed by atoms with Gasteiger partial charge in [0.05, 0.1) is 0 Å². The van der Waals surface area contributed by atoms with Crippen LogP contribution in [0, 0.1) is 0 Å². The number of hydrogen-bond donors (Lipinski definition) is 0. The minimum Gasteiger partial charge on any atom is -0.202 e. The van der Waals surface area contributed by atoms with Crippen LogP contribution in [0.2, 0.25) is 0 Å². The van der Waals surface area contributed by atoms with E-state index in [1.54, 1.807) is 12.1 Å². The highest BCUT2D eigenvalue weighted by molar-refractivity contribution is 8.00. The third kappa shape index (κ3) is 3.50. The summed E-state index contributed by atoms with van der Waals surface area (Å²) in [5.74, 6) is 0. The summed E-state index contributed by atoms with van der Waals surface area (Å²) in [6.45, 7) is 0. The molecule has 2 aromatic carbocycles. The normalized spacial score (nSPS) is 11.8. The molecule has 0 aliphatic heterocycles. The first-order chi connectivity index (χ1) is 8.99. The second-order valence-corrected chi connectivity index (χ2v) is 5.07. The zero-order valence-electron chi connectivity index (χ0n) is 9.69. The van der Waals surface area contributed by atoms with Crippen molar-refractivity contribution in [3.63, 3.8) is 0 Å². The van der Waals surface area contributed by atoms with Crippen molar-refractivity contribution in [2.45, 2.75) is 16.6 Å². The largest absolute Gasteiger partial charge is 0.357 e. The molecule has 0 fully saturated rings. The Labute approximate surface area is 112 Å². The molecular formula is C14H10F4S. The van der Waals surface area contributed by atoms with Crippen LogP contribution in [0.4, 0.5) is 17.6 Å². The SMILES string of the molecule is FC(F)C(F)(F)Sc1ccc(-c2ccccc2)cc1. The van der Waals surface area contributed by atoms with E-state index in [1.807, 2.05) is 30.3 Å². The maximum atomic E-state index is 12.9. The Morgan fingerprint density at radius 1 is 0.789 bits per heavy atom. The Morgan fingerprint density at radius 2 is 1.32 bits per heavy atom. The summed E-state index contributed by atoms with van der Waals surface area (Å²) in [7, 11) is 0. The lowest BCUT2D eigenvalue weighted by molar-refractivity contribution is -0.0563. The second-order valence-electron chi connectivity index (χ2n) is 3.85. The monoisotopic (exact) mass is 286 g/mol. The van der Waals surface area contributed by atoms with Gasteiger partial charge in [0.2, 0.25) is 0 Å². The van der Waals surface area contributed by atoms with Crippen molar-refractivity contribution in [2.75, 3.05) is 0 Å². The van der Waals surface area contributed by atoms with Gasteiger partial charge in [-0.2, -0.15) is 8.78 Å². The Morgan fingerprint density at radius 3 is 1.84 bits per heavy atom.